The number of nitrogens with zero attached hydrogens (tertiary/aromatic N) is 5. The van der Waals surface area contributed by atoms with Crippen molar-refractivity contribution >= 4 is 58.1 Å². The first-order chi connectivity index (χ1) is 21.0. The molecule has 0 amide bonds. The van der Waals surface area contributed by atoms with Gasteiger partial charge in [-0.2, -0.15) is 10.5 Å². The smallest absolute Gasteiger partial charge is 0.220 e. The number of aromatic nitrogens is 4. The fraction of sp³-hybridized carbons (Fsp3) is 0.0645. The second-order valence-corrected chi connectivity index (χ2v) is 11.0. The van der Waals surface area contributed by atoms with Crippen molar-refractivity contribution in [3.05, 3.63) is 110 Å². The SMILES string of the molecule is CN(C)/C=C/C(=O)c1cc(C#N)c(-c2ccc(Cl)cc2Cl)[nH]1.N#Cc1cc(-c2ccnc(N)n2)[nH]c1-c1ccc(Cl)cc1Cl. The van der Waals surface area contributed by atoms with Crippen LogP contribution < -0.4 is 5.73 Å². The molecule has 0 bridgehead atoms. The monoisotopic (exact) mass is 662 g/mol. The Hall–Kier alpha value is -4.77. The van der Waals surface area contributed by atoms with Gasteiger partial charge in [0.05, 0.1) is 49.6 Å². The number of ketones is 1. The summed E-state index contributed by atoms with van der Waals surface area (Å²) in [5.41, 5.74) is 10.4. The average Bonchev–Trinajstić information content (AvgIpc) is 3.61. The van der Waals surface area contributed by atoms with E-state index in [1.165, 1.54) is 12.1 Å². The number of carbonyl (C=O) groups excluding carboxylic acids is 1. The summed E-state index contributed by atoms with van der Waals surface area (Å²) < 4.78 is 0. The normalized spacial score (nSPS) is 10.5. The molecule has 0 aliphatic rings. The molecule has 44 heavy (non-hydrogen) atoms. The highest BCUT2D eigenvalue weighted by atomic mass is 35.5. The molecule has 2 aromatic carbocycles. The van der Waals surface area contributed by atoms with E-state index in [4.69, 9.17) is 52.1 Å². The third kappa shape index (κ3) is 7.59. The van der Waals surface area contributed by atoms with Crippen LogP contribution in [-0.4, -0.2) is 44.7 Å². The van der Waals surface area contributed by atoms with Gasteiger partial charge in [0.2, 0.25) is 11.7 Å². The molecule has 220 valence electrons. The van der Waals surface area contributed by atoms with E-state index in [0.29, 0.717) is 70.8 Å². The molecule has 3 aromatic heterocycles. The van der Waals surface area contributed by atoms with E-state index in [2.05, 4.69) is 32.1 Å². The summed E-state index contributed by atoms with van der Waals surface area (Å²) in [5.74, 6) is -0.0572. The fourth-order valence-electron chi connectivity index (χ4n) is 4.00. The highest BCUT2D eigenvalue weighted by Crippen LogP contribution is 2.34. The van der Waals surface area contributed by atoms with Crippen LogP contribution in [0.15, 0.2) is 73.1 Å². The third-order valence-corrected chi connectivity index (χ3v) is 7.11. The Kier molecular flexibility index (Phi) is 10.3. The lowest BCUT2D eigenvalue weighted by atomic mass is 10.1. The summed E-state index contributed by atoms with van der Waals surface area (Å²) in [6.07, 6.45) is 4.63. The standard InChI is InChI=1S/C16H13Cl2N3O.C15H9Cl2N5/c1-21(2)6-5-15(22)14-7-10(9-19)16(20-14)12-4-3-11(17)8-13(12)18;16-9-1-2-10(11(17)6-9)14-8(7-18)5-13(21-14)12-3-4-20-15(19)22-12/h3-8,20H,1-2H3;1-6,21H,(H2,19,20,22)/b6-5+;. The molecule has 0 fully saturated rings. The molecule has 0 aliphatic heterocycles. The Balaban J connectivity index is 0.000000201. The Morgan fingerprint density at radius 3 is 1.95 bits per heavy atom. The van der Waals surface area contributed by atoms with Crippen LogP contribution in [0, 0.1) is 22.7 Å². The molecule has 4 N–H and O–H groups in total. The second kappa shape index (κ2) is 14.1. The van der Waals surface area contributed by atoms with Crippen LogP contribution in [-0.2, 0) is 0 Å². The average molecular weight is 664 g/mol. The van der Waals surface area contributed by atoms with E-state index in [1.807, 2.05) is 14.1 Å². The fourth-order valence-corrected chi connectivity index (χ4v) is 5.00. The number of allylic oxidation sites excluding steroid dienone is 1. The zero-order chi connectivity index (χ0) is 32.0. The molecule has 0 unspecified atom stereocenters. The zero-order valence-corrected chi connectivity index (χ0v) is 26.2. The topological polar surface area (TPSA) is 151 Å². The molecule has 0 radical (unpaired) electrons. The molecule has 5 aromatic rings. The highest BCUT2D eigenvalue weighted by Gasteiger charge is 2.17. The number of carbonyl (C=O) groups is 1. The molecule has 0 aliphatic carbocycles. The van der Waals surface area contributed by atoms with Crippen molar-refractivity contribution in [2.24, 2.45) is 0 Å². The van der Waals surface area contributed by atoms with Crippen LogP contribution in [0.1, 0.15) is 21.6 Å². The molecule has 13 heteroatoms. The predicted molar refractivity (Wildman–Crippen MR) is 175 cm³/mol. The minimum atomic E-state index is -0.221. The number of anilines is 1. The maximum absolute atomic E-state index is 12.1. The Morgan fingerprint density at radius 1 is 0.864 bits per heavy atom. The van der Waals surface area contributed by atoms with E-state index >= 15 is 0 Å². The van der Waals surface area contributed by atoms with Gasteiger partial charge in [0.15, 0.2) is 0 Å². The number of hydrogen-bond donors (Lipinski definition) is 3. The summed E-state index contributed by atoms with van der Waals surface area (Å²) in [6, 6.07) is 19.2. The van der Waals surface area contributed by atoms with Crippen molar-refractivity contribution in [2.75, 3.05) is 19.8 Å². The minimum absolute atomic E-state index is 0.164. The van der Waals surface area contributed by atoms with Gasteiger partial charge < -0.3 is 20.6 Å². The Morgan fingerprint density at radius 2 is 1.43 bits per heavy atom. The molecule has 3 heterocycles. The van der Waals surface area contributed by atoms with Crippen LogP contribution in [0.5, 0.6) is 0 Å². The molecular formula is C31H22Cl4N8O. The van der Waals surface area contributed by atoms with Crippen molar-refractivity contribution in [2.45, 2.75) is 0 Å². The van der Waals surface area contributed by atoms with Gasteiger partial charge in [0.1, 0.15) is 12.1 Å². The van der Waals surface area contributed by atoms with Crippen LogP contribution in [0.4, 0.5) is 5.95 Å². The van der Waals surface area contributed by atoms with Crippen LogP contribution >= 0.6 is 46.4 Å². The molecule has 0 spiro atoms. The Bertz CT molecular complexity index is 1960. The maximum Gasteiger partial charge on any atom is 0.220 e. The van der Waals surface area contributed by atoms with Crippen molar-refractivity contribution in [3.63, 3.8) is 0 Å². The van der Waals surface area contributed by atoms with Gasteiger partial charge in [-0.3, -0.25) is 4.79 Å². The van der Waals surface area contributed by atoms with Crippen LogP contribution in [0.3, 0.4) is 0 Å². The first-order valence-electron chi connectivity index (χ1n) is 12.7. The first kappa shape index (κ1) is 32.2. The van der Waals surface area contributed by atoms with E-state index in [9.17, 15) is 15.3 Å². The Labute approximate surface area is 273 Å². The minimum Gasteiger partial charge on any atom is -0.383 e. The second-order valence-electron chi connectivity index (χ2n) is 9.36. The first-order valence-corrected chi connectivity index (χ1v) is 14.2. The van der Waals surface area contributed by atoms with Gasteiger partial charge in [-0.05, 0) is 54.6 Å². The van der Waals surface area contributed by atoms with E-state index in [1.54, 1.807) is 65.8 Å². The van der Waals surface area contributed by atoms with Gasteiger partial charge in [0, 0.05) is 53.7 Å². The van der Waals surface area contributed by atoms with Gasteiger partial charge in [-0.1, -0.05) is 46.4 Å². The van der Waals surface area contributed by atoms with E-state index in [0.717, 1.165) is 0 Å². The van der Waals surface area contributed by atoms with Crippen molar-refractivity contribution in [1.82, 2.24) is 24.8 Å². The molecule has 5 rings (SSSR count). The highest BCUT2D eigenvalue weighted by molar-refractivity contribution is 6.37. The van der Waals surface area contributed by atoms with Crippen LogP contribution in [0.25, 0.3) is 33.9 Å². The molecular weight excluding hydrogens is 642 g/mol. The largest absolute Gasteiger partial charge is 0.383 e. The lowest BCUT2D eigenvalue weighted by Gasteiger charge is -2.03. The van der Waals surface area contributed by atoms with Gasteiger partial charge in [-0.15, -0.1) is 0 Å². The number of hydrogen-bond acceptors (Lipinski definition) is 7. The molecule has 0 saturated carbocycles. The summed E-state index contributed by atoms with van der Waals surface area (Å²) in [7, 11) is 3.64. The summed E-state index contributed by atoms with van der Waals surface area (Å²) >= 11 is 24.2. The number of aromatic amines is 2. The van der Waals surface area contributed by atoms with E-state index in [-0.39, 0.29) is 11.7 Å². The molecule has 0 saturated heterocycles. The third-order valence-electron chi connectivity index (χ3n) is 6.02. The zero-order valence-electron chi connectivity index (χ0n) is 23.2. The van der Waals surface area contributed by atoms with Gasteiger partial charge in [-0.25, -0.2) is 9.97 Å². The molecule has 0 atom stereocenters. The number of benzene rings is 2. The number of rotatable bonds is 6. The van der Waals surface area contributed by atoms with Gasteiger partial charge in [0.25, 0.3) is 0 Å². The predicted octanol–water partition coefficient (Wildman–Crippen LogP) is 8.02. The number of nitrogens with two attached hydrogens (primary N) is 1. The molecule has 9 nitrogen and oxygen atoms in total. The lowest BCUT2D eigenvalue weighted by molar-refractivity contribution is 0.104. The van der Waals surface area contributed by atoms with Crippen molar-refractivity contribution < 1.29 is 4.79 Å². The van der Waals surface area contributed by atoms with Gasteiger partial charge >= 0.3 is 0 Å². The maximum atomic E-state index is 12.1. The van der Waals surface area contributed by atoms with Crippen molar-refractivity contribution in [1.29, 1.82) is 10.5 Å². The summed E-state index contributed by atoms with van der Waals surface area (Å²) in [6.45, 7) is 0. The lowest BCUT2D eigenvalue weighted by Crippen LogP contribution is -2.03. The van der Waals surface area contributed by atoms with E-state index < -0.39 is 0 Å². The number of nitriles is 2. The number of halogens is 4. The van der Waals surface area contributed by atoms with Crippen LogP contribution in [0.2, 0.25) is 20.1 Å². The number of nitrogen functional groups attached to an aromatic ring is 1. The summed E-state index contributed by atoms with van der Waals surface area (Å²) in [5, 5.41) is 20.5. The number of nitrogens with one attached hydrogen (secondary N) is 2. The van der Waals surface area contributed by atoms with Crippen molar-refractivity contribution in [3.8, 4) is 46.0 Å². The number of H-pyrrole nitrogens is 2. The quantitative estimate of drug-likeness (QED) is 0.123. The summed E-state index contributed by atoms with van der Waals surface area (Å²) in [4.78, 5) is 27.9.